The van der Waals surface area contributed by atoms with Crippen LogP contribution in [0.25, 0.3) is 11.0 Å². The largest absolute Gasteiger partial charge is 0.489 e. The van der Waals surface area contributed by atoms with E-state index in [9.17, 15) is 23.3 Å². The van der Waals surface area contributed by atoms with Gasteiger partial charge in [-0.2, -0.15) is 4.98 Å². The number of nitrogens with zero attached hydrogens (tertiary/aromatic N) is 6. The molecule has 69 heavy (non-hydrogen) atoms. The number of carbonyl (C=O) groups excluding carboxylic acids is 1. The van der Waals surface area contributed by atoms with Gasteiger partial charge in [0, 0.05) is 74.2 Å². The highest BCUT2D eigenvalue weighted by atomic mass is 32.2. The molecule has 4 saturated heterocycles. The first-order valence-corrected chi connectivity index (χ1v) is 25.8. The quantitative estimate of drug-likeness (QED) is 0.104. The van der Waals surface area contributed by atoms with Gasteiger partial charge < -0.3 is 39.0 Å². The van der Waals surface area contributed by atoms with Crippen LogP contribution in [0.2, 0.25) is 0 Å². The van der Waals surface area contributed by atoms with E-state index in [0.29, 0.717) is 73.4 Å². The molecule has 362 valence electrons. The van der Waals surface area contributed by atoms with Crippen molar-refractivity contribution in [3.8, 4) is 11.6 Å². The van der Waals surface area contributed by atoms with Crippen molar-refractivity contribution < 1.29 is 37.1 Å². The summed E-state index contributed by atoms with van der Waals surface area (Å²) < 4.78 is 54.7. The van der Waals surface area contributed by atoms with Crippen LogP contribution < -0.4 is 29.3 Å². The van der Waals surface area contributed by atoms with Crippen LogP contribution in [0.3, 0.4) is 0 Å². The summed E-state index contributed by atoms with van der Waals surface area (Å²) in [4.78, 5) is 43.4. The number of sulfonamides is 1. The fourth-order valence-corrected chi connectivity index (χ4v) is 13.2. The fraction of sp³-hybridized carbons (Fsp3) is 0.480. The zero-order valence-corrected chi connectivity index (χ0v) is 39.4. The number of nitro groups is 1. The highest BCUT2D eigenvalue weighted by Crippen LogP contribution is 2.54. The Kier molecular flexibility index (Phi) is 11.2. The number of aryl methyl sites for hydroxylation is 1. The number of hydrogen-bond donors (Lipinski definition) is 3. The van der Waals surface area contributed by atoms with E-state index in [0.717, 1.165) is 62.7 Å². The van der Waals surface area contributed by atoms with Gasteiger partial charge >= 0.3 is 0 Å². The maximum Gasteiger partial charge on any atom is 0.297 e. The van der Waals surface area contributed by atoms with Crippen molar-refractivity contribution in [2.24, 2.45) is 5.41 Å². The summed E-state index contributed by atoms with van der Waals surface area (Å²) in [5.41, 5.74) is 5.49. The zero-order valence-electron chi connectivity index (χ0n) is 38.6. The lowest BCUT2D eigenvalue weighted by Gasteiger charge is -2.56. The van der Waals surface area contributed by atoms with Gasteiger partial charge in [-0.3, -0.25) is 24.7 Å². The zero-order chi connectivity index (χ0) is 47.0. The van der Waals surface area contributed by atoms with Gasteiger partial charge in [0.25, 0.3) is 21.6 Å². The first-order chi connectivity index (χ1) is 33.5. The Morgan fingerprint density at radius 1 is 0.957 bits per heavy atom. The number of rotatable bonds is 10. The number of aromatic nitrogens is 2. The SMILES string of the molecule is Cc1ccccc1[C@@H]1CCCN1C1CC2(CCN(c3ccc(C(=O)NS(=O)(=O)c4cc5c(c([N+](=O)[O-])c4)N[C@H](CN4CCOCC4)CO5)c(N4c5cc6cc[nH]c6nc5O[C@@H]5COC[C@H]54)c3)CC2)C1. The number of likely N-dealkylation sites (tertiary alicyclic amines) is 1. The van der Waals surface area contributed by atoms with Crippen LogP contribution in [-0.2, 0) is 19.5 Å². The molecule has 5 aromatic rings. The second-order valence-corrected chi connectivity index (χ2v) is 21.6. The average Bonchev–Trinajstić information content (AvgIpc) is 4.14. The minimum atomic E-state index is -4.68. The van der Waals surface area contributed by atoms with E-state index in [4.69, 9.17) is 23.9 Å². The van der Waals surface area contributed by atoms with E-state index in [1.165, 1.54) is 42.9 Å². The van der Waals surface area contributed by atoms with E-state index in [1.54, 1.807) is 12.3 Å². The van der Waals surface area contributed by atoms with Gasteiger partial charge in [0.2, 0.25) is 5.88 Å². The summed E-state index contributed by atoms with van der Waals surface area (Å²) in [7, 11) is -4.68. The van der Waals surface area contributed by atoms with Crippen LogP contribution in [0.4, 0.5) is 28.4 Å². The number of aromatic amines is 1. The Labute approximate surface area is 400 Å². The van der Waals surface area contributed by atoms with E-state index in [2.05, 4.69) is 60.9 Å². The van der Waals surface area contributed by atoms with Gasteiger partial charge in [-0.25, -0.2) is 13.1 Å². The number of morpholine rings is 1. The van der Waals surface area contributed by atoms with Gasteiger partial charge in [0.1, 0.15) is 24.0 Å². The number of fused-ring (bicyclic) bond motifs is 4. The molecule has 3 N–H and O–H groups in total. The summed E-state index contributed by atoms with van der Waals surface area (Å²) in [6.45, 7) is 9.05. The van der Waals surface area contributed by atoms with E-state index in [-0.39, 0.29) is 35.7 Å². The fourth-order valence-electron chi connectivity index (χ4n) is 12.2. The molecular formula is C50H57N9O9S. The van der Waals surface area contributed by atoms with Crippen molar-refractivity contribution in [2.45, 2.75) is 80.6 Å². The minimum absolute atomic E-state index is 0.0179. The van der Waals surface area contributed by atoms with Crippen LogP contribution in [0.1, 0.15) is 66.1 Å². The number of pyridine rings is 1. The van der Waals surface area contributed by atoms with Gasteiger partial charge in [-0.05, 0) is 98.9 Å². The van der Waals surface area contributed by atoms with Crippen LogP contribution >= 0.6 is 0 Å². The molecule has 1 saturated carbocycles. The standard InChI is InChI=1S/C50H57N9O9S/c1-31-5-2-3-6-37(31)39-7-4-14-57(39)35-25-50(26-35)11-15-56(16-12-50)34-8-9-38(40(22-34)58-42-21-32-10-13-51-47(32)53-49(42)68-45-30-66-29-43(45)58)48(60)54-69(63,64)36-23-41(59(61)62)46-44(24-36)67-28-33(52-46)27-55-17-19-65-20-18-55/h2-3,5-6,8-10,13,21-24,33,35,39,43,45,52H,4,7,11-12,14-20,25-30H2,1H3,(H,51,53)(H,54,60)/t33-,39+,43-,45-/m1/s1. The number of piperidine rings is 1. The molecule has 8 heterocycles. The van der Waals surface area contributed by atoms with Crippen molar-refractivity contribution in [1.82, 2.24) is 24.5 Å². The molecule has 12 rings (SSSR count). The Morgan fingerprint density at radius 2 is 1.78 bits per heavy atom. The molecule has 18 nitrogen and oxygen atoms in total. The lowest BCUT2D eigenvalue weighted by molar-refractivity contribution is -0.384. The normalized spacial score (nSPS) is 24.7. The van der Waals surface area contributed by atoms with Crippen molar-refractivity contribution in [3.05, 3.63) is 99.7 Å². The molecule has 2 aromatic heterocycles. The van der Waals surface area contributed by atoms with E-state index >= 15 is 0 Å². The maximum atomic E-state index is 14.7. The third kappa shape index (κ3) is 8.10. The number of nitro benzene ring substituents is 1. The minimum Gasteiger partial charge on any atom is -0.489 e. The summed E-state index contributed by atoms with van der Waals surface area (Å²) in [5.74, 6) is -0.514. The maximum absolute atomic E-state index is 14.7. The third-order valence-electron chi connectivity index (χ3n) is 15.8. The number of amides is 1. The van der Waals surface area contributed by atoms with Crippen LogP contribution in [0.5, 0.6) is 11.6 Å². The topological polar surface area (TPSA) is 197 Å². The van der Waals surface area contributed by atoms with Crippen molar-refractivity contribution in [2.75, 3.05) is 87.4 Å². The highest BCUT2D eigenvalue weighted by molar-refractivity contribution is 7.90. The lowest BCUT2D eigenvalue weighted by atomic mass is 9.59. The number of H-pyrrole nitrogens is 1. The van der Waals surface area contributed by atoms with Crippen molar-refractivity contribution in [1.29, 1.82) is 0 Å². The predicted octanol–water partition coefficient (Wildman–Crippen LogP) is 6.29. The molecule has 0 bridgehead atoms. The van der Waals surface area contributed by atoms with E-state index in [1.807, 2.05) is 29.2 Å². The molecule has 5 fully saturated rings. The molecule has 19 heteroatoms. The Bertz CT molecular complexity index is 2930. The van der Waals surface area contributed by atoms with Gasteiger partial charge in [0.15, 0.2) is 11.4 Å². The number of anilines is 4. The molecule has 0 radical (unpaired) electrons. The number of benzene rings is 3. The first-order valence-electron chi connectivity index (χ1n) is 24.3. The average molecular weight is 960 g/mol. The molecule has 3 aromatic carbocycles. The number of carbonyl (C=O) groups is 1. The molecule has 6 aliphatic heterocycles. The molecule has 4 atom stereocenters. The molecule has 0 unspecified atom stereocenters. The molecular weight excluding hydrogens is 903 g/mol. The second kappa shape index (κ2) is 17.4. The number of ether oxygens (including phenoxy) is 4. The molecule has 7 aliphatic rings. The highest BCUT2D eigenvalue weighted by Gasteiger charge is 2.50. The third-order valence-corrected chi connectivity index (χ3v) is 17.1. The van der Waals surface area contributed by atoms with Crippen molar-refractivity contribution in [3.63, 3.8) is 0 Å². The Morgan fingerprint density at radius 3 is 2.59 bits per heavy atom. The lowest BCUT2D eigenvalue weighted by Crippen LogP contribution is -2.55. The van der Waals surface area contributed by atoms with Crippen LogP contribution in [-0.4, -0.2) is 136 Å². The summed E-state index contributed by atoms with van der Waals surface area (Å²) in [5, 5.41) is 16.5. The second-order valence-electron chi connectivity index (χ2n) is 19.9. The van der Waals surface area contributed by atoms with Gasteiger partial charge in [0.05, 0.1) is 59.6 Å². The van der Waals surface area contributed by atoms with E-state index < -0.39 is 37.5 Å². The van der Waals surface area contributed by atoms with Crippen LogP contribution in [0.15, 0.2) is 77.8 Å². The first kappa shape index (κ1) is 44.2. The summed E-state index contributed by atoms with van der Waals surface area (Å²) >= 11 is 0. The molecule has 1 amide bonds. The van der Waals surface area contributed by atoms with Gasteiger partial charge in [-0.1, -0.05) is 24.3 Å². The predicted molar refractivity (Wildman–Crippen MR) is 258 cm³/mol. The summed E-state index contributed by atoms with van der Waals surface area (Å²) in [6, 6.07) is 20.9. The number of hydrogen-bond acceptors (Lipinski definition) is 15. The number of nitrogens with one attached hydrogen (secondary N) is 3. The molecule has 1 spiro atoms. The smallest absolute Gasteiger partial charge is 0.297 e. The molecule has 1 aliphatic carbocycles. The van der Waals surface area contributed by atoms with Crippen molar-refractivity contribution >= 4 is 55.4 Å². The van der Waals surface area contributed by atoms with Crippen LogP contribution in [0, 0.1) is 22.5 Å². The summed E-state index contributed by atoms with van der Waals surface area (Å²) in [6.07, 6.45) is 8.32. The Hall–Kier alpha value is -5.99. The Balaban J connectivity index is 0.829. The monoisotopic (exact) mass is 959 g/mol. The van der Waals surface area contributed by atoms with Gasteiger partial charge in [-0.15, -0.1) is 0 Å².